The van der Waals surface area contributed by atoms with Gasteiger partial charge in [-0.05, 0) is 43.6 Å². The first-order chi connectivity index (χ1) is 17.9. The number of fused-ring (bicyclic) bond motifs is 1. The molecule has 1 amide bonds. The maximum Gasteiger partial charge on any atom is 0.257 e. The van der Waals surface area contributed by atoms with Gasteiger partial charge in [0.1, 0.15) is 23.5 Å². The number of nitrogens with one attached hydrogen (secondary N) is 1. The Morgan fingerprint density at radius 2 is 1.89 bits per heavy atom. The SMILES string of the molecule is CNCCC(C)C(Oc1ccc(CN2CCN(C)c3nc(OC)ccc3C2=O)c(F)c1)c1ccccc1. The van der Waals surface area contributed by atoms with E-state index in [2.05, 4.69) is 17.2 Å². The number of rotatable bonds is 10. The van der Waals surface area contributed by atoms with Gasteiger partial charge in [-0.2, -0.15) is 4.98 Å². The summed E-state index contributed by atoms with van der Waals surface area (Å²) in [6.45, 7) is 4.19. The summed E-state index contributed by atoms with van der Waals surface area (Å²) in [5.41, 5.74) is 1.97. The Labute approximate surface area is 218 Å². The summed E-state index contributed by atoms with van der Waals surface area (Å²) >= 11 is 0. The van der Waals surface area contributed by atoms with Crippen LogP contribution in [0.1, 0.15) is 40.9 Å². The number of carbonyl (C=O) groups excluding carboxylic acids is 1. The molecule has 0 radical (unpaired) electrons. The second-order valence-corrected chi connectivity index (χ2v) is 9.44. The highest BCUT2D eigenvalue weighted by Crippen LogP contribution is 2.32. The van der Waals surface area contributed by atoms with E-state index < -0.39 is 5.82 Å². The van der Waals surface area contributed by atoms with Gasteiger partial charge >= 0.3 is 0 Å². The molecule has 0 fully saturated rings. The van der Waals surface area contributed by atoms with Crippen LogP contribution in [0.15, 0.2) is 60.7 Å². The first-order valence-corrected chi connectivity index (χ1v) is 12.6. The van der Waals surface area contributed by atoms with Crippen molar-refractivity contribution in [2.45, 2.75) is 26.0 Å². The fourth-order valence-corrected chi connectivity index (χ4v) is 4.56. The maximum absolute atomic E-state index is 15.3. The van der Waals surface area contributed by atoms with Crippen LogP contribution in [0.5, 0.6) is 11.6 Å². The Morgan fingerprint density at radius 1 is 1.11 bits per heavy atom. The largest absolute Gasteiger partial charge is 0.485 e. The summed E-state index contributed by atoms with van der Waals surface area (Å²) in [5.74, 6) is 1.12. The molecular weight excluding hydrogens is 471 g/mol. The lowest BCUT2D eigenvalue weighted by Gasteiger charge is -2.26. The Bertz CT molecular complexity index is 1210. The highest BCUT2D eigenvalue weighted by atomic mass is 19.1. The van der Waals surface area contributed by atoms with Gasteiger partial charge < -0.3 is 24.6 Å². The molecule has 2 atom stereocenters. The number of amides is 1. The number of anilines is 1. The minimum atomic E-state index is -0.398. The van der Waals surface area contributed by atoms with E-state index in [0.717, 1.165) is 18.5 Å². The van der Waals surface area contributed by atoms with Crippen LogP contribution in [0.25, 0.3) is 0 Å². The molecule has 8 heteroatoms. The van der Waals surface area contributed by atoms with Crippen LogP contribution < -0.4 is 19.7 Å². The normalized spacial score (nSPS) is 15.1. The molecule has 1 N–H and O–H groups in total. The number of aromatic nitrogens is 1. The molecule has 0 saturated heterocycles. The highest BCUT2D eigenvalue weighted by molar-refractivity contribution is 5.99. The zero-order chi connectivity index (χ0) is 26.4. The van der Waals surface area contributed by atoms with E-state index in [-0.39, 0.29) is 24.5 Å². The average Bonchev–Trinajstić information content (AvgIpc) is 3.03. The van der Waals surface area contributed by atoms with Crippen molar-refractivity contribution in [3.63, 3.8) is 0 Å². The topological polar surface area (TPSA) is 66.9 Å². The van der Waals surface area contributed by atoms with Crippen LogP contribution in [0.2, 0.25) is 0 Å². The van der Waals surface area contributed by atoms with Crippen LogP contribution in [-0.2, 0) is 6.54 Å². The van der Waals surface area contributed by atoms with Crippen molar-refractivity contribution in [1.29, 1.82) is 0 Å². The predicted octanol–water partition coefficient (Wildman–Crippen LogP) is 4.69. The van der Waals surface area contributed by atoms with Crippen molar-refractivity contribution in [3.8, 4) is 11.6 Å². The second-order valence-electron chi connectivity index (χ2n) is 9.44. The first-order valence-electron chi connectivity index (χ1n) is 12.6. The number of methoxy groups -OCH3 is 1. The maximum atomic E-state index is 15.3. The van der Waals surface area contributed by atoms with E-state index in [4.69, 9.17) is 9.47 Å². The van der Waals surface area contributed by atoms with E-state index >= 15 is 4.39 Å². The summed E-state index contributed by atoms with van der Waals surface area (Å²) in [4.78, 5) is 21.3. The molecule has 2 unspecified atom stereocenters. The number of nitrogens with zero attached hydrogens (tertiary/aromatic N) is 3. The summed E-state index contributed by atoms with van der Waals surface area (Å²) in [5, 5.41) is 3.19. The molecule has 4 rings (SSSR count). The van der Waals surface area contributed by atoms with Crippen LogP contribution in [-0.4, -0.2) is 56.6 Å². The fraction of sp³-hybridized carbons (Fsp3) is 0.379. The fourth-order valence-electron chi connectivity index (χ4n) is 4.56. The minimum Gasteiger partial charge on any atom is -0.485 e. The molecule has 0 spiro atoms. The van der Waals surface area contributed by atoms with E-state index in [9.17, 15) is 4.79 Å². The lowest BCUT2D eigenvalue weighted by Crippen LogP contribution is -2.33. The number of ether oxygens (including phenoxy) is 2. The molecule has 1 aromatic heterocycles. The number of hydrogen-bond donors (Lipinski definition) is 1. The monoisotopic (exact) mass is 506 g/mol. The second kappa shape index (κ2) is 12.1. The Morgan fingerprint density at radius 3 is 2.59 bits per heavy atom. The number of benzene rings is 2. The molecule has 7 nitrogen and oxygen atoms in total. The Hall–Kier alpha value is -3.65. The minimum absolute atomic E-state index is 0.158. The number of carbonyl (C=O) groups is 1. The lowest BCUT2D eigenvalue weighted by atomic mass is 9.94. The average molecular weight is 507 g/mol. The predicted molar refractivity (Wildman–Crippen MR) is 143 cm³/mol. The highest BCUT2D eigenvalue weighted by Gasteiger charge is 2.27. The van der Waals surface area contributed by atoms with E-state index in [0.29, 0.717) is 41.7 Å². The third-order valence-corrected chi connectivity index (χ3v) is 6.79. The standard InChI is InChI=1S/C29H35FN4O3/c1-20(14-15-31-2)27(21-8-6-5-7-9-21)37-23-11-10-22(25(30)18-23)19-34-17-16-33(3)28-24(29(34)35)12-13-26(32-28)36-4/h5-13,18,20,27,31H,14-17,19H2,1-4H3. The van der Waals surface area contributed by atoms with E-state index in [1.807, 2.05) is 49.3 Å². The zero-order valence-electron chi connectivity index (χ0n) is 21.9. The molecular formula is C29H35FN4O3. The van der Waals surface area contributed by atoms with Crippen molar-refractivity contribution in [1.82, 2.24) is 15.2 Å². The zero-order valence-corrected chi connectivity index (χ0v) is 21.9. The molecule has 0 bridgehead atoms. The van der Waals surface area contributed by atoms with E-state index in [1.54, 1.807) is 36.3 Å². The summed E-state index contributed by atoms with van der Waals surface area (Å²) in [7, 11) is 5.36. The van der Waals surface area contributed by atoms with Gasteiger partial charge in [0.25, 0.3) is 5.91 Å². The summed E-state index contributed by atoms with van der Waals surface area (Å²) in [6.07, 6.45) is 0.716. The number of hydrogen-bond acceptors (Lipinski definition) is 6. The lowest BCUT2D eigenvalue weighted by molar-refractivity contribution is 0.0753. The third-order valence-electron chi connectivity index (χ3n) is 6.79. The molecule has 1 aliphatic heterocycles. The van der Waals surface area contributed by atoms with Crippen LogP contribution in [0, 0.1) is 11.7 Å². The van der Waals surface area contributed by atoms with Gasteiger partial charge in [-0.15, -0.1) is 0 Å². The third kappa shape index (κ3) is 6.20. The molecule has 2 heterocycles. The number of pyridine rings is 1. The van der Waals surface area contributed by atoms with Crippen molar-refractivity contribution in [2.24, 2.45) is 5.92 Å². The van der Waals surface area contributed by atoms with Crippen molar-refractivity contribution < 1.29 is 18.7 Å². The molecule has 1 aliphatic rings. The van der Waals surface area contributed by atoms with Gasteiger partial charge in [0.15, 0.2) is 0 Å². The van der Waals surface area contributed by atoms with Gasteiger partial charge in [-0.1, -0.05) is 43.3 Å². The molecule has 37 heavy (non-hydrogen) atoms. The summed E-state index contributed by atoms with van der Waals surface area (Å²) < 4.78 is 26.8. The van der Waals surface area contributed by atoms with Crippen LogP contribution in [0.3, 0.4) is 0 Å². The van der Waals surface area contributed by atoms with E-state index in [1.165, 1.54) is 6.07 Å². The molecule has 0 saturated carbocycles. The molecule has 0 aliphatic carbocycles. The molecule has 2 aromatic carbocycles. The van der Waals surface area contributed by atoms with Gasteiger partial charge in [0.05, 0.1) is 12.7 Å². The van der Waals surface area contributed by atoms with Crippen LogP contribution in [0.4, 0.5) is 10.2 Å². The molecule has 3 aromatic rings. The van der Waals surface area contributed by atoms with Gasteiger partial charge in [-0.3, -0.25) is 4.79 Å². The first kappa shape index (κ1) is 26.4. The Balaban J connectivity index is 1.52. The van der Waals surface area contributed by atoms with Crippen molar-refractivity contribution in [2.75, 3.05) is 45.7 Å². The number of likely N-dealkylation sites (N-methyl/N-ethyl adjacent to an activating group) is 1. The Kier molecular flexibility index (Phi) is 8.61. The summed E-state index contributed by atoms with van der Waals surface area (Å²) in [6, 6.07) is 18.3. The van der Waals surface area contributed by atoms with Gasteiger partial charge in [0.2, 0.25) is 5.88 Å². The van der Waals surface area contributed by atoms with Crippen LogP contribution >= 0.6 is 0 Å². The molecule has 196 valence electrons. The van der Waals surface area contributed by atoms with Crippen molar-refractivity contribution >= 4 is 11.7 Å². The number of halogens is 1. The smallest absolute Gasteiger partial charge is 0.257 e. The van der Waals surface area contributed by atoms with Crippen molar-refractivity contribution in [3.05, 3.63) is 83.2 Å². The van der Waals surface area contributed by atoms with Gasteiger partial charge in [0, 0.05) is 44.4 Å². The quantitative estimate of drug-likeness (QED) is 0.431. The van der Waals surface area contributed by atoms with Gasteiger partial charge in [-0.25, -0.2) is 4.39 Å².